The molecule has 0 saturated heterocycles. The quantitative estimate of drug-likeness (QED) is 0.623. The summed E-state index contributed by atoms with van der Waals surface area (Å²) in [5.41, 5.74) is 0.663. The van der Waals surface area contributed by atoms with Crippen LogP contribution in [0.4, 0.5) is 4.39 Å². The van der Waals surface area contributed by atoms with Gasteiger partial charge in [-0.1, -0.05) is 31.9 Å². The molecular weight excluding hydrogens is 355 g/mol. The first-order valence-electron chi connectivity index (χ1n) is 4.73. The molecule has 0 aliphatic carbocycles. The first kappa shape index (κ1) is 12.3. The molecule has 1 atom stereocenters. The second-order valence-corrected chi connectivity index (χ2v) is 6.63. The number of alkyl halides is 1. The molecule has 0 bridgehead atoms. The number of rotatable bonds is 2. The lowest BCUT2D eigenvalue weighted by molar-refractivity contribution is 0.613. The molecule has 1 unspecified atom stereocenters. The third-order valence-electron chi connectivity index (χ3n) is 2.24. The zero-order valence-electron chi connectivity index (χ0n) is 8.51. The van der Waals surface area contributed by atoms with Gasteiger partial charge in [-0.05, 0) is 37.3 Å². The summed E-state index contributed by atoms with van der Waals surface area (Å²) >= 11 is 8.58. The van der Waals surface area contributed by atoms with Crippen molar-refractivity contribution < 1.29 is 4.39 Å². The van der Waals surface area contributed by atoms with Gasteiger partial charge in [0.15, 0.2) is 0 Å². The number of thiophene rings is 1. The van der Waals surface area contributed by atoms with Gasteiger partial charge < -0.3 is 0 Å². The van der Waals surface area contributed by atoms with Gasteiger partial charge in [0.2, 0.25) is 0 Å². The van der Waals surface area contributed by atoms with Crippen LogP contribution in [0, 0.1) is 12.7 Å². The van der Waals surface area contributed by atoms with E-state index in [2.05, 4.69) is 31.9 Å². The Labute approximate surface area is 115 Å². The van der Waals surface area contributed by atoms with E-state index in [1.54, 1.807) is 17.4 Å². The standard InChI is InChI=1S/C12H9Br2FS/c1-7-2-5-11(16-7)12(14)9-6-8(13)3-4-10(9)15/h2-6,12H,1H3. The molecule has 4 heteroatoms. The number of halogens is 3. The Morgan fingerprint density at radius 2 is 2.00 bits per heavy atom. The van der Waals surface area contributed by atoms with Gasteiger partial charge in [-0.2, -0.15) is 0 Å². The highest BCUT2D eigenvalue weighted by atomic mass is 79.9. The van der Waals surface area contributed by atoms with E-state index in [-0.39, 0.29) is 10.6 Å². The Balaban J connectivity index is 2.40. The summed E-state index contributed by atoms with van der Waals surface area (Å²) in [5.74, 6) is -0.184. The van der Waals surface area contributed by atoms with E-state index in [0.29, 0.717) is 5.56 Å². The van der Waals surface area contributed by atoms with E-state index in [0.717, 1.165) is 9.35 Å². The van der Waals surface area contributed by atoms with Crippen molar-refractivity contribution in [2.24, 2.45) is 0 Å². The van der Waals surface area contributed by atoms with Crippen molar-refractivity contribution in [1.29, 1.82) is 0 Å². The maximum atomic E-state index is 13.7. The second kappa shape index (κ2) is 4.98. The van der Waals surface area contributed by atoms with Gasteiger partial charge in [0.1, 0.15) is 5.82 Å². The molecule has 0 nitrogen and oxygen atoms in total. The molecule has 0 aliphatic heterocycles. The zero-order chi connectivity index (χ0) is 11.7. The Hall–Kier alpha value is -0.190. The van der Waals surface area contributed by atoms with Gasteiger partial charge in [-0.15, -0.1) is 11.3 Å². The van der Waals surface area contributed by atoms with E-state index >= 15 is 0 Å². The molecule has 0 fully saturated rings. The fraction of sp³-hybridized carbons (Fsp3) is 0.167. The lowest BCUT2D eigenvalue weighted by atomic mass is 10.1. The zero-order valence-corrected chi connectivity index (χ0v) is 12.5. The summed E-state index contributed by atoms with van der Waals surface area (Å²) < 4.78 is 14.6. The summed E-state index contributed by atoms with van der Waals surface area (Å²) in [5, 5.41) is 0. The molecule has 0 aliphatic rings. The van der Waals surface area contributed by atoms with Crippen molar-refractivity contribution >= 4 is 43.2 Å². The Morgan fingerprint density at radius 1 is 1.25 bits per heavy atom. The molecule has 0 saturated carbocycles. The minimum Gasteiger partial charge on any atom is -0.207 e. The van der Waals surface area contributed by atoms with Gasteiger partial charge in [0, 0.05) is 19.8 Å². The lowest BCUT2D eigenvalue weighted by Crippen LogP contribution is -1.94. The molecule has 1 heterocycles. The van der Waals surface area contributed by atoms with Gasteiger partial charge in [-0.25, -0.2) is 4.39 Å². The molecular formula is C12H9Br2FS. The molecule has 2 rings (SSSR count). The highest BCUT2D eigenvalue weighted by Crippen LogP contribution is 2.37. The van der Waals surface area contributed by atoms with E-state index in [1.165, 1.54) is 10.9 Å². The van der Waals surface area contributed by atoms with Crippen LogP contribution < -0.4 is 0 Å². The van der Waals surface area contributed by atoms with Crippen LogP contribution in [0.15, 0.2) is 34.8 Å². The third kappa shape index (κ3) is 2.55. The Morgan fingerprint density at radius 3 is 2.62 bits per heavy atom. The number of hydrogen-bond donors (Lipinski definition) is 0. The van der Waals surface area contributed by atoms with E-state index in [1.807, 2.05) is 25.1 Å². The molecule has 0 radical (unpaired) electrons. The van der Waals surface area contributed by atoms with Gasteiger partial charge in [-0.3, -0.25) is 0 Å². The SMILES string of the molecule is Cc1ccc(C(Br)c2cc(Br)ccc2F)s1. The molecule has 0 amide bonds. The summed E-state index contributed by atoms with van der Waals surface area (Å²) in [6.07, 6.45) is 0. The van der Waals surface area contributed by atoms with Crippen LogP contribution in [0.25, 0.3) is 0 Å². The maximum Gasteiger partial charge on any atom is 0.127 e. The van der Waals surface area contributed by atoms with Crippen LogP contribution >= 0.6 is 43.2 Å². The van der Waals surface area contributed by atoms with Crippen LogP contribution in [0.3, 0.4) is 0 Å². The van der Waals surface area contributed by atoms with Crippen molar-refractivity contribution in [3.8, 4) is 0 Å². The highest BCUT2D eigenvalue weighted by Gasteiger charge is 2.16. The summed E-state index contributed by atoms with van der Waals surface area (Å²) in [6, 6.07) is 9.07. The summed E-state index contributed by atoms with van der Waals surface area (Å²) in [6.45, 7) is 2.05. The van der Waals surface area contributed by atoms with E-state index in [4.69, 9.17) is 0 Å². The van der Waals surface area contributed by atoms with Crippen molar-refractivity contribution in [3.63, 3.8) is 0 Å². The minimum absolute atomic E-state index is 0.0799. The minimum atomic E-state index is -0.184. The average Bonchev–Trinajstić information content (AvgIpc) is 2.67. The topological polar surface area (TPSA) is 0 Å². The third-order valence-corrected chi connectivity index (χ3v) is 5.09. The maximum absolute atomic E-state index is 13.7. The van der Waals surface area contributed by atoms with Crippen LogP contribution in [-0.4, -0.2) is 0 Å². The molecule has 2 aromatic rings. The van der Waals surface area contributed by atoms with Crippen molar-refractivity contribution in [3.05, 3.63) is 55.9 Å². The first-order chi connectivity index (χ1) is 7.58. The lowest BCUT2D eigenvalue weighted by Gasteiger charge is -2.09. The Bertz CT molecular complexity index is 507. The fourth-order valence-electron chi connectivity index (χ4n) is 1.45. The largest absolute Gasteiger partial charge is 0.207 e. The second-order valence-electron chi connectivity index (χ2n) is 3.48. The normalized spacial score (nSPS) is 12.8. The number of hydrogen-bond acceptors (Lipinski definition) is 1. The van der Waals surface area contributed by atoms with Crippen LogP contribution in [-0.2, 0) is 0 Å². The molecule has 0 N–H and O–H groups in total. The molecule has 1 aromatic heterocycles. The van der Waals surface area contributed by atoms with Crippen LogP contribution in [0.1, 0.15) is 20.1 Å². The summed E-state index contributed by atoms with van der Waals surface area (Å²) in [4.78, 5) is 2.27. The van der Waals surface area contributed by atoms with Crippen molar-refractivity contribution in [2.45, 2.75) is 11.8 Å². The highest BCUT2D eigenvalue weighted by molar-refractivity contribution is 9.10. The number of aryl methyl sites for hydroxylation is 1. The van der Waals surface area contributed by atoms with E-state index < -0.39 is 0 Å². The average molecular weight is 364 g/mol. The van der Waals surface area contributed by atoms with Crippen molar-refractivity contribution in [2.75, 3.05) is 0 Å². The van der Waals surface area contributed by atoms with Gasteiger partial charge in [0.25, 0.3) is 0 Å². The smallest absolute Gasteiger partial charge is 0.127 e. The van der Waals surface area contributed by atoms with Crippen molar-refractivity contribution in [1.82, 2.24) is 0 Å². The van der Waals surface area contributed by atoms with Gasteiger partial charge >= 0.3 is 0 Å². The first-order valence-corrected chi connectivity index (χ1v) is 7.26. The predicted molar refractivity (Wildman–Crippen MR) is 73.9 cm³/mol. The fourth-order valence-corrected chi connectivity index (χ4v) is 3.49. The van der Waals surface area contributed by atoms with Gasteiger partial charge in [0.05, 0.1) is 4.83 Å². The summed E-state index contributed by atoms with van der Waals surface area (Å²) in [7, 11) is 0. The van der Waals surface area contributed by atoms with Crippen LogP contribution in [0.2, 0.25) is 0 Å². The van der Waals surface area contributed by atoms with Crippen LogP contribution in [0.5, 0.6) is 0 Å². The number of benzene rings is 1. The Kier molecular flexibility index (Phi) is 3.82. The molecule has 0 spiro atoms. The van der Waals surface area contributed by atoms with E-state index in [9.17, 15) is 4.39 Å². The molecule has 16 heavy (non-hydrogen) atoms. The monoisotopic (exact) mass is 362 g/mol. The predicted octanol–water partition coefficient (Wildman–Crippen LogP) is 5.44. The molecule has 84 valence electrons. The molecule has 1 aromatic carbocycles.